The number of carboxylic acids is 1. The summed E-state index contributed by atoms with van der Waals surface area (Å²) in [5, 5.41) is 10.4. The van der Waals surface area contributed by atoms with Crippen LogP contribution >= 0.6 is 11.3 Å². The van der Waals surface area contributed by atoms with Gasteiger partial charge in [0.25, 0.3) is 0 Å². The molecule has 32 heavy (non-hydrogen) atoms. The highest BCUT2D eigenvalue weighted by molar-refractivity contribution is 7.18. The summed E-state index contributed by atoms with van der Waals surface area (Å²) in [6.45, 7) is 1.46. The average molecular weight is 453 g/mol. The standard InChI is InChI=1S/C25H28N2O4S/c1-27(2)11-12-31-19-7-8-20-21(13-19)32-23(26-20)10-9-22(28)25(16-24(29)30)14-17-5-3-4-6-18(17)15-25/h3-8,13H,9-12,14-16H2,1-2H3,(H,29,30). The fraction of sp³-hybridized carbons (Fsp3) is 0.400. The maximum absolute atomic E-state index is 13.3. The molecule has 0 saturated carbocycles. The van der Waals surface area contributed by atoms with Crippen LogP contribution in [0.3, 0.4) is 0 Å². The SMILES string of the molecule is CN(C)CCOc1ccc2nc(CCC(=O)C3(CC(=O)O)Cc4ccccc4C3)sc2c1. The van der Waals surface area contributed by atoms with E-state index in [4.69, 9.17) is 4.74 Å². The van der Waals surface area contributed by atoms with Crippen LogP contribution in [0.5, 0.6) is 5.75 Å². The number of benzene rings is 2. The molecule has 3 aromatic rings. The van der Waals surface area contributed by atoms with Gasteiger partial charge in [0.1, 0.15) is 18.1 Å². The Labute approximate surface area is 191 Å². The molecule has 168 valence electrons. The van der Waals surface area contributed by atoms with Gasteiger partial charge in [-0.3, -0.25) is 9.59 Å². The molecule has 1 aromatic heterocycles. The van der Waals surface area contributed by atoms with E-state index in [0.29, 0.717) is 32.3 Å². The van der Waals surface area contributed by atoms with Crippen LogP contribution in [0.25, 0.3) is 10.2 Å². The lowest BCUT2D eigenvalue weighted by molar-refractivity contribution is -0.144. The maximum atomic E-state index is 13.3. The van der Waals surface area contributed by atoms with Crippen molar-refractivity contribution in [2.24, 2.45) is 5.41 Å². The lowest BCUT2D eigenvalue weighted by Crippen LogP contribution is -2.35. The molecule has 7 heteroatoms. The summed E-state index contributed by atoms with van der Waals surface area (Å²) in [5.41, 5.74) is 2.22. The molecule has 0 atom stereocenters. The second-order valence-electron chi connectivity index (χ2n) is 8.79. The van der Waals surface area contributed by atoms with Gasteiger partial charge in [-0.05, 0) is 56.3 Å². The summed E-state index contributed by atoms with van der Waals surface area (Å²) in [7, 11) is 4.02. The summed E-state index contributed by atoms with van der Waals surface area (Å²) in [4.78, 5) is 31.6. The summed E-state index contributed by atoms with van der Waals surface area (Å²) < 4.78 is 6.84. The molecule has 0 spiro atoms. The Hall–Kier alpha value is -2.77. The average Bonchev–Trinajstić information content (AvgIpc) is 3.31. The van der Waals surface area contributed by atoms with Crippen LogP contribution in [0.2, 0.25) is 0 Å². The normalized spacial score (nSPS) is 14.6. The van der Waals surface area contributed by atoms with Crippen molar-refractivity contribution in [1.29, 1.82) is 0 Å². The van der Waals surface area contributed by atoms with Gasteiger partial charge >= 0.3 is 5.97 Å². The highest BCUT2D eigenvalue weighted by atomic mass is 32.1. The van der Waals surface area contributed by atoms with Crippen LogP contribution in [0.4, 0.5) is 0 Å². The third kappa shape index (κ3) is 5.00. The zero-order chi connectivity index (χ0) is 22.7. The van der Waals surface area contributed by atoms with E-state index < -0.39 is 11.4 Å². The second kappa shape index (κ2) is 9.38. The summed E-state index contributed by atoms with van der Waals surface area (Å²) in [6.07, 6.45) is 1.69. The van der Waals surface area contributed by atoms with Gasteiger partial charge in [-0.2, -0.15) is 0 Å². The fourth-order valence-corrected chi connectivity index (χ4v) is 5.38. The van der Waals surface area contributed by atoms with Gasteiger partial charge in [0.15, 0.2) is 0 Å². The number of carbonyl (C=O) groups excluding carboxylic acids is 1. The summed E-state index contributed by atoms with van der Waals surface area (Å²) in [5.74, 6) is -0.0919. The van der Waals surface area contributed by atoms with Crippen molar-refractivity contribution in [3.63, 3.8) is 0 Å². The first-order valence-corrected chi connectivity index (χ1v) is 11.7. The number of Topliss-reactive ketones (excluding diaryl/α,β-unsaturated/α-hetero) is 1. The molecule has 1 heterocycles. The second-order valence-corrected chi connectivity index (χ2v) is 9.90. The van der Waals surface area contributed by atoms with E-state index in [1.165, 1.54) is 0 Å². The number of carbonyl (C=O) groups is 2. The molecule has 0 radical (unpaired) electrons. The molecule has 0 unspecified atom stereocenters. The molecule has 1 N–H and O–H groups in total. The quantitative estimate of drug-likeness (QED) is 0.501. The first kappa shape index (κ1) is 22.4. The van der Waals surface area contributed by atoms with E-state index in [1.54, 1.807) is 11.3 Å². The van der Waals surface area contributed by atoms with Crippen molar-refractivity contribution in [2.45, 2.75) is 32.1 Å². The van der Waals surface area contributed by atoms with Crippen molar-refractivity contribution in [2.75, 3.05) is 27.2 Å². The zero-order valence-corrected chi connectivity index (χ0v) is 19.3. The molecular weight excluding hydrogens is 424 g/mol. The summed E-state index contributed by atoms with van der Waals surface area (Å²) >= 11 is 1.57. The number of fused-ring (bicyclic) bond motifs is 2. The van der Waals surface area contributed by atoms with E-state index in [-0.39, 0.29) is 12.2 Å². The highest BCUT2D eigenvalue weighted by Crippen LogP contribution is 2.41. The van der Waals surface area contributed by atoms with Crippen molar-refractivity contribution in [3.8, 4) is 5.75 Å². The van der Waals surface area contributed by atoms with E-state index in [9.17, 15) is 14.7 Å². The minimum atomic E-state index is -0.923. The number of carboxylic acid groups (broad SMARTS) is 1. The maximum Gasteiger partial charge on any atom is 0.304 e. The van der Waals surface area contributed by atoms with Crippen LogP contribution in [0.15, 0.2) is 42.5 Å². The Morgan fingerprint density at radius 3 is 2.53 bits per heavy atom. The molecular formula is C25H28N2O4S. The van der Waals surface area contributed by atoms with Gasteiger partial charge in [-0.1, -0.05) is 24.3 Å². The van der Waals surface area contributed by atoms with Gasteiger partial charge < -0.3 is 14.7 Å². The van der Waals surface area contributed by atoms with Crippen molar-refractivity contribution >= 4 is 33.3 Å². The number of ether oxygens (including phenoxy) is 1. The van der Waals surface area contributed by atoms with Gasteiger partial charge in [-0.15, -0.1) is 11.3 Å². The topological polar surface area (TPSA) is 79.7 Å². The minimum absolute atomic E-state index is 0.0167. The molecule has 4 rings (SSSR count). The molecule has 0 bridgehead atoms. The predicted octanol–water partition coefficient (Wildman–Crippen LogP) is 4.00. The Balaban J connectivity index is 1.43. The number of likely N-dealkylation sites (N-methyl/N-ethyl adjacent to an activating group) is 1. The number of aliphatic carboxylic acids is 1. The Bertz CT molecular complexity index is 1110. The number of aromatic nitrogens is 1. The Morgan fingerprint density at radius 2 is 1.88 bits per heavy atom. The minimum Gasteiger partial charge on any atom is -0.492 e. The van der Waals surface area contributed by atoms with E-state index in [2.05, 4.69) is 9.88 Å². The summed E-state index contributed by atoms with van der Waals surface area (Å²) in [6, 6.07) is 13.7. The first-order valence-electron chi connectivity index (χ1n) is 10.8. The lowest BCUT2D eigenvalue weighted by atomic mass is 9.76. The third-order valence-corrected chi connectivity index (χ3v) is 7.11. The molecule has 2 aromatic carbocycles. The van der Waals surface area contributed by atoms with E-state index in [0.717, 1.165) is 38.6 Å². The molecule has 0 amide bonds. The van der Waals surface area contributed by atoms with Crippen LogP contribution in [0, 0.1) is 5.41 Å². The molecule has 0 fully saturated rings. The van der Waals surface area contributed by atoms with Gasteiger partial charge in [-0.25, -0.2) is 4.98 Å². The number of rotatable bonds is 10. The Morgan fingerprint density at radius 1 is 1.16 bits per heavy atom. The van der Waals surface area contributed by atoms with Crippen molar-refractivity contribution < 1.29 is 19.4 Å². The van der Waals surface area contributed by atoms with Gasteiger partial charge in [0, 0.05) is 24.8 Å². The number of aryl methyl sites for hydroxylation is 1. The predicted molar refractivity (Wildman–Crippen MR) is 126 cm³/mol. The van der Waals surface area contributed by atoms with Gasteiger partial charge in [0.2, 0.25) is 0 Å². The van der Waals surface area contributed by atoms with Crippen LogP contribution < -0.4 is 4.74 Å². The monoisotopic (exact) mass is 452 g/mol. The number of thiazole rings is 1. The fourth-order valence-electron chi connectivity index (χ4n) is 4.39. The third-order valence-electron chi connectivity index (χ3n) is 6.03. The van der Waals surface area contributed by atoms with Crippen molar-refractivity contribution in [3.05, 3.63) is 58.6 Å². The Kier molecular flexibility index (Phi) is 6.58. The van der Waals surface area contributed by atoms with E-state index >= 15 is 0 Å². The number of nitrogens with zero attached hydrogens (tertiary/aromatic N) is 2. The van der Waals surface area contributed by atoms with Crippen molar-refractivity contribution in [1.82, 2.24) is 9.88 Å². The largest absolute Gasteiger partial charge is 0.492 e. The lowest BCUT2D eigenvalue weighted by Gasteiger charge is -2.25. The number of hydrogen-bond acceptors (Lipinski definition) is 6. The zero-order valence-electron chi connectivity index (χ0n) is 18.5. The smallest absolute Gasteiger partial charge is 0.304 e. The molecule has 0 aliphatic heterocycles. The number of hydrogen-bond donors (Lipinski definition) is 1. The molecule has 1 aliphatic rings. The van der Waals surface area contributed by atoms with Crippen LogP contribution in [-0.2, 0) is 28.9 Å². The molecule has 1 aliphatic carbocycles. The highest BCUT2D eigenvalue weighted by Gasteiger charge is 2.44. The number of ketones is 1. The van der Waals surface area contributed by atoms with E-state index in [1.807, 2.05) is 56.6 Å². The molecule has 0 saturated heterocycles. The molecule has 6 nitrogen and oxygen atoms in total. The first-order chi connectivity index (χ1) is 15.3. The van der Waals surface area contributed by atoms with Gasteiger partial charge in [0.05, 0.1) is 21.6 Å². The van der Waals surface area contributed by atoms with Crippen LogP contribution in [-0.4, -0.2) is 54.0 Å². The van der Waals surface area contributed by atoms with Crippen LogP contribution in [0.1, 0.15) is 29.0 Å².